The van der Waals surface area contributed by atoms with Crippen LogP contribution in [0.15, 0.2) is 0 Å². The Balaban J connectivity index is 4.21. The van der Waals surface area contributed by atoms with E-state index in [4.69, 9.17) is 11.5 Å². The Morgan fingerprint density at radius 2 is 2.00 bits per heavy atom. The van der Waals surface area contributed by atoms with Gasteiger partial charge in [-0.05, 0) is 13.8 Å². The molecule has 0 saturated heterocycles. The van der Waals surface area contributed by atoms with E-state index in [1.807, 2.05) is 0 Å². The second kappa shape index (κ2) is 5.81. The summed E-state index contributed by atoms with van der Waals surface area (Å²) in [6.45, 7) is 2.62. The third-order valence-electron chi connectivity index (χ3n) is 1.83. The number of carboxylic acid groups (broad SMARTS) is 1. The van der Waals surface area contributed by atoms with Gasteiger partial charge in [-0.3, -0.25) is 14.4 Å². The van der Waals surface area contributed by atoms with Gasteiger partial charge in [0.2, 0.25) is 5.91 Å². The molecule has 5 heteroatoms. The van der Waals surface area contributed by atoms with Crippen molar-refractivity contribution in [1.82, 2.24) is 5.32 Å². The normalized spacial score (nSPS) is 13.4. The lowest BCUT2D eigenvalue weighted by molar-refractivity contribution is -0.141. The van der Waals surface area contributed by atoms with Crippen LogP contribution in [0.5, 0.6) is 0 Å². The lowest BCUT2D eigenvalue weighted by Gasteiger charge is -2.10. The van der Waals surface area contributed by atoms with Gasteiger partial charge in [0.25, 0.3) is 0 Å². The molecule has 1 amide bonds. The minimum atomic E-state index is -1.14. The Labute approximate surface area is 87.9 Å². The van der Waals surface area contributed by atoms with Crippen molar-refractivity contribution in [1.29, 1.82) is 0 Å². The molecule has 2 N–H and O–H groups in total. The lowest BCUT2D eigenvalue weighted by Crippen LogP contribution is -2.39. The van der Waals surface area contributed by atoms with Gasteiger partial charge in [0, 0.05) is 6.42 Å². The number of rotatable bonds is 5. The second-order valence-electron chi connectivity index (χ2n) is 3.16. The molecule has 0 spiro atoms. The molecule has 0 radical (unpaired) electrons. The van der Waals surface area contributed by atoms with E-state index in [9.17, 15) is 14.4 Å². The van der Waals surface area contributed by atoms with E-state index >= 15 is 0 Å². The largest absolute Gasteiger partial charge is 0.480 e. The number of Topliss-reactive ketones (excluding diaryl/α,β-unsaturated/α-hetero) is 1. The van der Waals surface area contributed by atoms with Crippen LogP contribution in [-0.2, 0) is 14.4 Å². The number of nitrogens with one attached hydrogen (secondary N) is 1. The molecule has 0 aromatic heterocycles. The maximum Gasteiger partial charge on any atom is 0.325 e. The zero-order valence-electron chi connectivity index (χ0n) is 8.61. The molecule has 82 valence electrons. The van der Waals surface area contributed by atoms with E-state index in [1.165, 1.54) is 13.8 Å². The lowest BCUT2D eigenvalue weighted by atomic mass is 10.0. The van der Waals surface area contributed by atoms with E-state index in [2.05, 4.69) is 11.2 Å². The van der Waals surface area contributed by atoms with Crippen LogP contribution in [0.2, 0.25) is 0 Å². The molecule has 5 nitrogen and oxygen atoms in total. The molecule has 15 heavy (non-hydrogen) atoms. The van der Waals surface area contributed by atoms with E-state index in [0.717, 1.165) is 0 Å². The quantitative estimate of drug-likeness (QED) is 0.617. The maximum atomic E-state index is 11.2. The van der Waals surface area contributed by atoms with Gasteiger partial charge in [-0.2, -0.15) is 0 Å². The first-order chi connectivity index (χ1) is 6.88. The van der Waals surface area contributed by atoms with Gasteiger partial charge in [-0.25, -0.2) is 0 Å². The standard InChI is InChI=1S/C10H13NO4/c1-4-8(7(3)12)5-9(13)11-6(2)10(14)15/h1,6,8H,5H2,2-3H3,(H,11,13)(H,14,15)/t6-,8?/m0/s1. The zero-order valence-corrected chi connectivity index (χ0v) is 8.61. The second-order valence-corrected chi connectivity index (χ2v) is 3.16. The van der Waals surface area contributed by atoms with Crippen LogP contribution in [0.25, 0.3) is 0 Å². The summed E-state index contributed by atoms with van der Waals surface area (Å²) in [5.41, 5.74) is 0. The summed E-state index contributed by atoms with van der Waals surface area (Å²) in [5.74, 6) is -0.565. The van der Waals surface area contributed by atoms with Crippen molar-refractivity contribution in [3.05, 3.63) is 0 Å². The Morgan fingerprint density at radius 3 is 2.33 bits per heavy atom. The fraction of sp³-hybridized carbons (Fsp3) is 0.500. The Kier molecular flexibility index (Phi) is 5.10. The van der Waals surface area contributed by atoms with Crippen molar-refractivity contribution in [3.8, 4) is 12.3 Å². The van der Waals surface area contributed by atoms with E-state index in [0.29, 0.717) is 0 Å². The highest BCUT2D eigenvalue weighted by Gasteiger charge is 2.19. The van der Waals surface area contributed by atoms with Gasteiger partial charge >= 0.3 is 5.97 Å². The third-order valence-corrected chi connectivity index (χ3v) is 1.83. The van der Waals surface area contributed by atoms with Gasteiger partial charge < -0.3 is 10.4 Å². The summed E-state index contributed by atoms with van der Waals surface area (Å²) < 4.78 is 0. The molecule has 0 rings (SSSR count). The smallest absolute Gasteiger partial charge is 0.325 e. The highest BCUT2D eigenvalue weighted by molar-refractivity contribution is 5.89. The van der Waals surface area contributed by atoms with Crippen molar-refractivity contribution in [2.24, 2.45) is 5.92 Å². The maximum absolute atomic E-state index is 11.2. The molecular weight excluding hydrogens is 198 g/mol. The topological polar surface area (TPSA) is 83.5 Å². The fourth-order valence-corrected chi connectivity index (χ4v) is 0.868. The molecule has 0 saturated carbocycles. The van der Waals surface area contributed by atoms with Crippen molar-refractivity contribution in [2.75, 3.05) is 0 Å². The summed E-state index contributed by atoms with van der Waals surface area (Å²) in [6.07, 6.45) is 4.87. The van der Waals surface area contributed by atoms with Crippen molar-refractivity contribution in [3.63, 3.8) is 0 Å². The SMILES string of the molecule is C#CC(CC(=O)N[C@@H](C)C(=O)O)C(C)=O. The highest BCUT2D eigenvalue weighted by atomic mass is 16.4. The molecular formula is C10H13NO4. The molecule has 0 aliphatic carbocycles. The van der Waals surface area contributed by atoms with Gasteiger partial charge in [-0.15, -0.1) is 6.42 Å². The molecule has 0 aliphatic heterocycles. The van der Waals surface area contributed by atoms with Crippen LogP contribution in [0, 0.1) is 18.3 Å². The number of amides is 1. The highest BCUT2D eigenvalue weighted by Crippen LogP contribution is 2.02. The van der Waals surface area contributed by atoms with E-state index in [-0.39, 0.29) is 12.2 Å². The minimum absolute atomic E-state index is 0.177. The predicted molar refractivity (Wildman–Crippen MR) is 52.9 cm³/mol. The summed E-state index contributed by atoms with van der Waals surface area (Å²) in [5, 5.41) is 10.7. The first kappa shape index (κ1) is 13.2. The number of carboxylic acids is 1. The number of carbonyl (C=O) groups excluding carboxylic acids is 2. The van der Waals surface area contributed by atoms with Crippen LogP contribution in [0.4, 0.5) is 0 Å². The minimum Gasteiger partial charge on any atom is -0.480 e. The predicted octanol–water partition coefficient (Wildman–Crippen LogP) is -0.196. The van der Waals surface area contributed by atoms with Crippen molar-refractivity contribution < 1.29 is 19.5 Å². The first-order valence-electron chi connectivity index (χ1n) is 4.37. The average Bonchev–Trinajstić information content (AvgIpc) is 2.13. The zero-order chi connectivity index (χ0) is 12.0. The van der Waals surface area contributed by atoms with Gasteiger partial charge in [-0.1, -0.05) is 5.92 Å². The molecule has 0 bridgehead atoms. The van der Waals surface area contributed by atoms with Gasteiger partial charge in [0.15, 0.2) is 0 Å². The molecule has 0 aliphatic rings. The van der Waals surface area contributed by atoms with Gasteiger partial charge in [0.05, 0.1) is 5.92 Å². The Bertz CT molecular complexity index is 316. The average molecular weight is 211 g/mol. The molecule has 0 fully saturated rings. The number of terminal acetylenes is 1. The number of aliphatic carboxylic acids is 1. The van der Waals surface area contributed by atoms with Crippen molar-refractivity contribution >= 4 is 17.7 Å². The van der Waals surface area contributed by atoms with E-state index < -0.39 is 23.8 Å². The fourth-order valence-electron chi connectivity index (χ4n) is 0.868. The number of hydrogen-bond acceptors (Lipinski definition) is 3. The van der Waals surface area contributed by atoms with Crippen LogP contribution in [-0.4, -0.2) is 28.8 Å². The summed E-state index contributed by atoms with van der Waals surface area (Å²) in [4.78, 5) is 32.5. The van der Waals surface area contributed by atoms with Crippen LogP contribution in [0.1, 0.15) is 20.3 Å². The van der Waals surface area contributed by atoms with Crippen LogP contribution < -0.4 is 5.32 Å². The number of hydrogen-bond donors (Lipinski definition) is 2. The molecule has 0 aromatic carbocycles. The molecule has 2 atom stereocenters. The molecule has 0 heterocycles. The van der Waals surface area contributed by atoms with Crippen molar-refractivity contribution in [2.45, 2.75) is 26.3 Å². The van der Waals surface area contributed by atoms with Crippen LogP contribution >= 0.6 is 0 Å². The summed E-state index contributed by atoms with van der Waals surface area (Å²) >= 11 is 0. The monoisotopic (exact) mass is 211 g/mol. The summed E-state index contributed by atoms with van der Waals surface area (Å²) in [7, 11) is 0. The Hall–Kier alpha value is -1.83. The van der Waals surface area contributed by atoms with Gasteiger partial charge in [0.1, 0.15) is 11.8 Å². The molecule has 1 unspecified atom stereocenters. The van der Waals surface area contributed by atoms with Crippen LogP contribution in [0.3, 0.4) is 0 Å². The first-order valence-corrected chi connectivity index (χ1v) is 4.37. The number of carbonyl (C=O) groups is 3. The summed E-state index contributed by atoms with van der Waals surface area (Å²) in [6, 6.07) is -0.983. The third kappa shape index (κ3) is 4.81. The Morgan fingerprint density at radius 1 is 1.47 bits per heavy atom. The van der Waals surface area contributed by atoms with E-state index in [1.54, 1.807) is 0 Å². The number of ketones is 1. The molecule has 0 aromatic rings.